The summed E-state index contributed by atoms with van der Waals surface area (Å²) < 4.78 is 8.80. The number of rotatable bonds is 6. The minimum Gasteiger partial charge on any atom is -0.457 e. The first-order valence-electron chi connectivity index (χ1n) is 15.8. The van der Waals surface area contributed by atoms with Gasteiger partial charge >= 0.3 is 0 Å². The first-order valence-corrected chi connectivity index (χ1v) is 15.8. The van der Waals surface area contributed by atoms with Gasteiger partial charge in [-0.1, -0.05) is 61.2 Å². The summed E-state index contributed by atoms with van der Waals surface area (Å²) in [5, 5.41) is 2.28. The quantitative estimate of drug-likeness (QED) is 0.191. The molecule has 0 unspecified atom stereocenters. The van der Waals surface area contributed by atoms with Gasteiger partial charge in [-0.05, 0) is 109 Å². The Morgan fingerprint density at radius 3 is 2.36 bits per heavy atom. The normalized spacial score (nSPS) is 13.7. The molecule has 0 bridgehead atoms. The summed E-state index contributed by atoms with van der Waals surface area (Å²) in [4.78, 5) is 7.04. The summed E-state index contributed by atoms with van der Waals surface area (Å²) in [7, 11) is 0. The molecule has 0 saturated heterocycles. The van der Waals surface area contributed by atoms with E-state index in [1.807, 2.05) is 24.3 Å². The van der Waals surface area contributed by atoms with Gasteiger partial charge < -0.3 is 19.9 Å². The number of ether oxygens (including phenoxy) is 1. The molecule has 5 aromatic carbocycles. The molecule has 5 heteroatoms. The van der Waals surface area contributed by atoms with Gasteiger partial charge in [0.15, 0.2) is 0 Å². The molecule has 0 radical (unpaired) electrons. The summed E-state index contributed by atoms with van der Waals surface area (Å²) in [6, 6.07) is 34.2. The van der Waals surface area contributed by atoms with Crippen molar-refractivity contribution in [3.63, 3.8) is 0 Å². The van der Waals surface area contributed by atoms with Crippen molar-refractivity contribution in [3.8, 4) is 33.8 Å². The summed E-state index contributed by atoms with van der Waals surface area (Å²) in [5.41, 5.74) is 18.0. The molecule has 3 heterocycles. The number of aryl methyl sites for hydroxylation is 2. The second-order valence-electron chi connectivity index (χ2n) is 12.0. The third kappa shape index (κ3) is 4.75. The number of hydrogen-bond acceptors (Lipinski definition) is 4. The number of nitrogens with zero attached hydrogens (tertiary/aromatic N) is 3. The van der Waals surface area contributed by atoms with E-state index in [1.165, 1.54) is 34.0 Å². The van der Waals surface area contributed by atoms with Crippen molar-refractivity contribution in [2.75, 3.05) is 11.4 Å². The molecule has 0 atom stereocenters. The number of fused-ring (bicyclic) bond motifs is 9. The summed E-state index contributed by atoms with van der Waals surface area (Å²) >= 11 is 0. The SMILES string of the molecule is C=C(/C=C\C=C/N)n1c2cc(Oc3ccc4c(c3)C3=NCC=CN3c3ccccc3-4)ccc2c2ccc(-c3c(C)cccc3C)cc21. The van der Waals surface area contributed by atoms with E-state index in [0.717, 1.165) is 61.7 Å². The average molecular weight is 611 g/mol. The fraction of sp³-hybridized carbons (Fsp3) is 0.0714. The Labute approximate surface area is 274 Å². The number of allylic oxidation sites excluding steroid dienone is 4. The lowest BCUT2D eigenvalue weighted by atomic mass is 9.92. The number of para-hydroxylation sites is 1. The van der Waals surface area contributed by atoms with E-state index in [0.29, 0.717) is 6.54 Å². The molecule has 1 aromatic heterocycles. The van der Waals surface area contributed by atoms with Gasteiger partial charge in [0.25, 0.3) is 0 Å². The van der Waals surface area contributed by atoms with Gasteiger partial charge in [0.2, 0.25) is 0 Å². The Balaban J connectivity index is 1.24. The number of nitrogens with two attached hydrogens (primary N) is 1. The lowest BCUT2D eigenvalue weighted by Gasteiger charge is -2.33. The summed E-state index contributed by atoms with van der Waals surface area (Å²) in [5.74, 6) is 2.44. The largest absolute Gasteiger partial charge is 0.457 e. The van der Waals surface area contributed by atoms with Gasteiger partial charge in [-0.25, -0.2) is 0 Å². The van der Waals surface area contributed by atoms with E-state index in [2.05, 4.69) is 127 Å². The van der Waals surface area contributed by atoms with Crippen molar-refractivity contribution in [2.24, 2.45) is 10.7 Å². The number of anilines is 1. The van der Waals surface area contributed by atoms with Crippen molar-refractivity contribution >= 4 is 39.0 Å². The summed E-state index contributed by atoms with van der Waals surface area (Å²) in [6.07, 6.45) is 11.4. The number of benzene rings is 5. The van der Waals surface area contributed by atoms with Gasteiger partial charge in [0, 0.05) is 39.9 Å². The van der Waals surface area contributed by atoms with E-state index < -0.39 is 0 Å². The molecule has 6 aromatic rings. The number of aromatic nitrogens is 1. The van der Waals surface area contributed by atoms with Crippen molar-refractivity contribution in [1.29, 1.82) is 0 Å². The molecular weight excluding hydrogens is 576 g/mol. The van der Waals surface area contributed by atoms with E-state index in [1.54, 1.807) is 6.08 Å². The Hall–Kier alpha value is -6.07. The number of amidine groups is 1. The lowest BCUT2D eigenvalue weighted by molar-refractivity contribution is 0.483. The van der Waals surface area contributed by atoms with Crippen LogP contribution in [0.5, 0.6) is 11.5 Å². The van der Waals surface area contributed by atoms with Crippen LogP contribution in [0.4, 0.5) is 5.69 Å². The van der Waals surface area contributed by atoms with Crippen LogP contribution in [0.2, 0.25) is 0 Å². The minimum absolute atomic E-state index is 0.657. The van der Waals surface area contributed by atoms with Gasteiger partial charge in [-0.15, -0.1) is 0 Å². The van der Waals surface area contributed by atoms with Gasteiger partial charge in [0.1, 0.15) is 17.3 Å². The van der Waals surface area contributed by atoms with Crippen molar-refractivity contribution in [2.45, 2.75) is 13.8 Å². The Morgan fingerprint density at radius 1 is 0.787 bits per heavy atom. The molecular formula is C42H34N4O. The van der Waals surface area contributed by atoms with Crippen LogP contribution >= 0.6 is 0 Å². The van der Waals surface area contributed by atoms with E-state index in [9.17, 15) is 0 Å². The standard InChI is InChI=1S/C42H34N4O/c1-27-10-8-11-28(2)41(27)30-15-18-35-36-20-17-32(26-40(36)46(39(35)24-30)29(3)12-6-7-21-43)47-31-16-19-33-34-13-4-5-14-38(34)45-23-9-22-44-42(45)37(33)25-31/h4-21,23-26H,3,22,43H2,1-2H3/b12-6-,21-7-. The fourth-order valence-corrected chi connectivity index (χ4v) is 7.00. The van der Waals surface area contributed by atoms with E-state index in [4.69, 9.17) is 15.5 Å². The molecule has 0 fully saturated rings. The second-order valence-corrected chi connectivity index (χ2v) is 12.0. The zero-order valence-corrected chi connectivity index (χ0v) is 26.4. The minimum atomic E-state index is 0.657. The first-order chi connectivity index (χ1) is 23.0. The second kappa shape index (κ2) is 11.4. The Kier molecular flexibility index (Phi) is 6.88. The zero-order valence-electron chi connectivity index (χ0n) is 26.4. The van der Waals surface area contributed by atoms with Crippen molar-refractivity contribution in [3.05, 3.63) is 157 Å². The van der Waals surface area contributed by atoms with E-state index in [-0.39, 0.29) is 0 Å². The van der Waals surface area contributed by atoms with Crippen LogP contribution in [-0.2, 0) is 0 Å². The zero-order chi connectivity index (χ0) is 32.1. The van der Waals surface area contributed by atoms with Gasteiger partial charge in [-0.3, -0.25) is 4.99 Å². The maximum Gasteiger partial charge on any atom is 0.140 e. The highest BCUT2D eigenvalue weighted by Crippen LogP contribution is 2.43. The molecule has 0 spiro atoms. The van der Waals surface area contributed by atoms with E-state index >= 15 is 0 Å². The van der Waals surface area contributed by atoms with Crippen LogP contribution < -0.4 is 15.4 Å². The molecule has 8 rings (SSSR count). The molecule has 2 aliphatic heterocycles. The van der Waals surface area contributed by atoms with Crippen LogP contribution in [-0.4, -0.2) is 16.9 Å². The third-order valence-electron chi connectivity index (χ3n) is 9.06. The molecule has 2 aliphatic rings. The summed E-state index contributed by atoms with van der Waals surface area (Å²) in [6.45, 7) is 9.46. The predicted octanol–water partition coefficient (Wildman–Crippen LogP) is 10.1. The molecule has 0 aliphatic carbocycles. The molecule has 0 amide bonds. The van der Waals surface area contributed by atoms with Crippen LogP contribution in [0.3, 0.4) is 0 Å². The molecule has 2 N–H and O–H groups in total. The maximum atomic E-state index is 6.59. The third-order valence-corrected chi connectivity index (χ3v) is 9.06. The van der Waals surface area contributed by atoms with Gasteiger partial charge in [0.05, 0.1) is 23.3 Å². The lowest BCUT2D eigenvalue weighted by Crippen LogP contribution is -2.32. The van der Waals surface area contributed by atoms with Crippen molar-refractivity contribution < 1.29 is 4.74 Å². The predicted molar refractivity (Wildman–Crippen MR) is 197 cm³/mol. The Morgan fingerprint density at radius 2 is 1.53 bits per heavy atom. The van der Waals surface area contributed by atoms with Gasteiger partial charge in [-0.2, -0.15) is 0 Å². The highest BCUT2D eigenvalue weighted by molar-refractivity contribution is 6.20. The topological polar surface area (TPSA) is 55.8 Å². The van der Waals surface area contributed by atoms with Crippen LogP contribution in [0.1, 0.15) is 16.7 Å². The number of hydrogen-bond donors (Lipinski definition) is 1. The average Bonchev–Trinajstić information content (AvgIpc) is 3.41. The van der Waals surface area contributed by atoms with Crippen LogP contribution in [0, 0.1) is 13.8 Å². The first kappa shape index (κ1) is 28.4. The highest BCUT2D eigenvalue weighted by Gasteiger charge is 2.28. The van der Waals surface area contributed by atoms with Crippen molar-refractivity contribution in [1.82, 2.24) is 4.57 Å². The molecule has 47 heavy (non-hydrogen) atoms. The maximum absolute atomic E-state index is 6.59. The molecule has 0 saturated carbocycles. The smallest absolute Gasteiger partial charge is 0.140 e. The fourth-order valence-electron chi connectivity index (χ4n) is 7.00. The number of aliphatic imine (C=N–C) groups is 1. The van der Waals surface area contributed by atoms with Crippen LogP contribution in [0.15, 0.2) is 145 Å². The monoisotopic (exact) mass is 610 g/mol. The Bertz CT molecular complexity index is 2350. The highest BCUT2D eigenvalue weighted by atomic mass is 16.5. The molecule has 228 valence electrons. The molecule has 5 nitrogen and oxygen atoms in total. The van der Waals surface area contributed by atoms with Crippen LogP contribution in [0.25, 0.3) is 49.8 Å².